The number of rotatable bonds is 4. The van der Waals surface area contributed by atoms with Crippen LogP contribution >= 0.6 is 0 Å². The van der Waals surface area contributed by atoms with Gasteiger partial charge in [-0.1, -0.05) is 6.42 Å². The van der Waals surface area contributed by atoms with Crippen molar-refractivity contribution < 1.29 is 13.7 Å². The van der Waals surface area contributed by atoms with Crippen molar-refractivity contribution in [1.82, 2.24) is 5.32 Å². The van der Waals surface area contributed by atoms with E-state index in [0.717, 1.165) is 37.9 Å². The first kappa shape index (κ1) is 13.7. The maximum atomic E-state index is 13.6. The summed E-state index contributed by atoms with van der Waals surface area (Å²) < 4.78 is 27.2. The summed E-state index contributed by atoms with van der Waals surface area (Å²) in [4.78, 5) is 9.64. The van der Waals surface area contributed by atoms with Crippen molar-refractivity contribution in [3.63, 3.8) is 0 Å². The molecule has 0 amide bonds. The van der Waals surface area contributed by atoms with E-state index in [1.54, 1.807) is 0 Å². The molecular weight excluding hydrogens is 256 g/mol. The van der Waals surface area contributed by atoms with E-state index in [9.17, 15) is 18.9 Å². The van der Waals surface area contributed by atoms with Crippen molar-refractivity contribution in [3.8, 4) is 0 Å². The molecule has 0 radical (unpaired) electrons. The third-order valence-electron chi connectivity index (χ3n) is 3.18. The van der Waals surface area contributed by atoms with Crippen LogP contribution in [0.25, 0.3) is 0 Å². The molecule has 104 valence electrons. The van der Waals surface area contributed by atoms with Crippen molar-refractivity contribution in [2.24, 2.45) is 0 Å². The Morgan fingerprint density at radius 2 is 2.05 bits per heavy atom. The van der Waals surface area contributed by atoms with E-state index in [1.165, 1.54) is 0 Å². The van der Waals surface area contributed by atoms with Crippen molar-refractivity contribution >= 4 is 11.4 Å². The Morgan fingerprint density at radius 3 is 2.58 bits per heavy atom. The number of halogens is 2. The fourth-order valence-corrected chi connectivity index (χ4v) is 2.16. The van der Waals surface area contributed by atoms with Crippen LogP contribution in [-0.2, 0) is 0 Å². The standard InChI is InChI=1S/C12H15F2N3O2/c13-10-5-9(17(18)19)6-11(14)12(10)16-7-8-3-1-2-4-15-8/h5-6,8,15-16H,1-4,7H2. The SMILES string of the molecule is O=[N+]([O-])c1cc(F)c(NCC2CCCCN2)c(F)c1. The Kier molecular flexibility index (Phi) is 4.26. The minimum Gasteiger partial charge on any atom is -0.379 e. The third-order valence-corrected chi connectivity index (χ3v) is 3.18. The fraction of sp³-hybridized carbons (Fsp3) is 0.500. The molecule has 0 saturated carbocycles. The number of nitro groups is 1. The second-order valence-corrected chi connectivity index (χ2v) is 4.57. The van der Waals surface area contributed by atoms with Crippen molar-refractivity contribution in [2.75, 3.05) is 18.4 Å². The number of nitro benzene ring substituents is 1. The molecule has 1 aliphatic heterocycles. The van der Waals surface area contributed by atoms with Crippen LogP contribution in [0.2, 0.25) is 0 Å². The minimum atomic E-state index is -0.942. The van der Waals surface area contributed by atoms with E-state index in [1.807, 2.05) is 0 Å². The van der Waals surface area contributed by atoms with Crippen molar-refractivity contribution in [2.45, 2.75) is 25.3 Å². The monoisotopic (exact) mass is 271 g/mol. The molecule has 1 saturated heterocycles. The molecule has 1 aromatic rings. The van der Waals surface area contributed by atoms with Gasteiger partial charge in [-0.05, 0) is 19.4 Å². The summed E-state index contributed by atoms with van der Waals surface area (Å²) in [6.45, 7) is 1.29. The topological polar surface area (TPSA) is 67.2 Å². The average molecular weight is 271 g/mol. The number of anilines is 1. The van der Waals surface area contributed by atoms with Gasteiger partial charge in [0.15, 0.2) is 11.6 Å². The summed E-state index contributed by atoms with van der Waals surface area (Å²) in [6.07, 6.45) is 3.14. The zero-order valence-electron chi connectivity index (χ0n) is 10.3. The number of non-ortho nitro benzene ring substituents is 1. The number of nitrogens with one attached hydrogen (secondary N) is 2. The average Bonchev–Trinajstić information content (AvgIpc) is 2.38. The summed E-state index contributed by atoms with van der Waals surface area (Å²) in [6, 6.07) is 1.61. The molecule has 2 N–H and O–H groups in total. The first-order valence-corrected chi connectivity index (χ1v) is 6.18. The lowest BCUT2D eigenvalue weighted by Gasteiger charge is -2.24. The number of piperidine rings is 1. The Bertz CT molecular complexity index is 453. The highest BCUT2D eigenvalue weighted by Gasteiger charge is 2.18. The molecule has 1 aromatic carbocycles. The van der Waals surface area contributed by atoms with E-state index >= 15 is 0 Å². The fourth-order valence-electron chi connectivity index (χ4n) is 2.16. The highest BCUT2D eigenvalue weighted by molar-refractivity contribution is 5.51. The lowest BCUT2D eigenvalue weighted by atomic mass is 10.1. The van der Waals surface area contributed by atoms with Gasteiger partial charge in [0.2, 0.25) is 0 Å². The van der Waals surface area contributed by atoms with Crippen molar-refractivity contribution in [1.29, 1.82) is 0 Å². The molecule has 5 nitrogen and oxygen atoms in total. The zero-order valence-corrected chi connectivity index (χ0v) is 10.3. The Morgan fingerprint density at radius 1 is 1.37 bits per heavy atom. The molecular formula is C12H15F2N3O2. The van der Waals surface area contributed by atoms with Gasteiger partial charge < -0.3 is 10.6 Å². The van der Waals surface area contributed by atoms with Gasteiger partial charge in [-0.15, -0.1) is 0 Å². The molecule has 0 spiro atoms. The minimum absolute atomic E-state index is 0.169. The molecule has 19 heavy (non-hydrogen) atoms. The highest BCUT2D eigenvalue weighted by Crippen LogP contribution is 2.25. The summed E-state index contributed by atoms with van der Waals surface area (Å²) in [5.74, 6) is -1.88. The van der Waals surface area contributed by atoms with E-state index < -0.39 is 22.2 Å². The zero-order chi connectivity index (χ0) is 13.8. The third kappa shape index (κ3) is 3.37. The molecule has 7 heteroatoms. The predicted octanol–water partition coefficient (Wildman–Crippen LogP) is 2.43. The van der Waals surface area contributed by atoms with Gasteiger partial charge in [-0.3, -0.25) is 10.1 Å². The molecule has 1 unspecified atom stereocenters. The van der Waals surface area contributed by atoms with E-state index in [-0.39, 0.29) is 11.7 Å². The predicted molar refractivity (Wildman–Crippen MR) is 67.1 cm³/mol. The van der Waals surface area contributed by atoms with Gasteiger partial charge in [0.25, 0.3) is 5.69 Å². The van der Waals surface area contributed by atoms with Gasteiger partial charge >= 0.3 is 0 Å². The van der Waals surface area contributed by atoms with E-state index in [2.05, 4.69) is 10.6 Å². The van der Waals surface area contributed by atoms with Gasteiger partial charge in [0, 0.05) is 12.6 Å². The molecule has 1 aliphatic rings. The van der Waals surface area contributed by atoms with Gasteiger partial charge in [0.05, 0.1) is 17.1 Å². The second kappa shape index (κ2) is 5.92. The van der Waals surface area contributed by atoms with Crippen LogP contribution in [-0.4, -0.2) is 24.1 Å². The highest BCUT2D eigenvalue weighted by atomic mass is 19.1. The maximum Gasteiger partial charge on any atom is 0.275 e. The van der Waals surface area contributed by atoms with Crippen LogP contribution in [0, 0.1) is 21.7 Å². The van der Waals surface area contributed by atoms with Crippen LogP contribution in [0.5, 0.6) is 0 Å². The second-order valence-electron chi connectivity index (χ2n) is 4.57. The van der Waals surface area contributed by atoms with Crippen LogP contribution in [0.3, 0.4) is 0 Å². The summed E-state index contributed by atoms with van der Waals surface area (Å²) >= 11 is 0. The van der Waals surface area contributed by atoms with E-state index in [4.69, 9.17) is 0 Å². The Labute approximate surface area is 109 Å². The quantitative estimate of drug-likeness (QED) is 0.652. The lowest BCUT2D eigenvalue weighted by Crippen LogP contribution is -2.39. The molecule has 0 bridgehead atoms. The summed E-state index contributed by atoms with van der Waals surface area (Å²) in [5.41, 5.74) is -0.894. The Balaban J connectivity index is 2.05. The van der Waals surface area contributed by atoms with Crippen LogP contribution in [0.1, 0.15) is 19.3 Å². The van der Waals surface area contributed by atoms with Crippen LogP contribution in [0.4, 0.5) is 20.2 Å². The maximum absolute atomic E-state index is 13.6. The molecule has 1 fully saturated rings. The van der Waals surface area contributed by atoms with Crippen molar-refractivity contribution in [3.05, 3.63) is 33.9 Å². The number of hydrogen-bond acceptors (Lipinski definition) is 4. The molecule has 2 rings (SSSR count). The Hall–Kier alpha value is -1.76. The normalized spacial score (nSPS) is 19.2. The smallest absolute Gasteiger partial charge is 0.275 e. The van der Waals surface area contributed by atoms with Crippen LogP contribution < -0.4 is 10.6 Å². The molecule has 1 heterocycles. The van der Waals surface area contributed by atoms with Crippen LogP contribution in [0.15, 0.2) is 12.1 Å². The van der Waals surface area contributed by atoms with Gasteiger partial charge in [-0.2, -0.15) is 0 Å². The van der Waals surface area contributed by atoms with E-state index in [0.29, 0.717) is 6.54 Å². The molecule has 0 aliphatic carbocycles. The summed E-state index contributed by atoms with van der Waals surface area (Å²) in [7, 11) is 0. The van der Waals surface area contributed by atoms with Gasteiger partial charge in [0.1, 0.15) is 5.69 Å². The number of benzene rings is 1. The lowest BCUT2D eigenvalue weighted by molar-refractivity contribution is -0.385. The number of nitrogens with zero attached hydrogens (tertiary/aromatic N) is 1. The first-order valence-electron chi connectivity index (χ1n) is 6.18. The number of hydrogen-bond donors (Lipinski definition) is 2. The largest absolute Gasteiger partial charge is 0.379 e. The first-order chi connectivity index (χ1) is 9.08. The summed E-state index contributed by atoms with van der Waals surface area (Å²) in [5, 5.41) is 16.4. The molecule has 1 atom stereocenters. The van der Waals surface area contributed by atoms with Gasteiger partial charge in [-0.25, -0.2) is 8.78 Å². The molecule has 0 aromatic heterocycles.